The number of nitrogens with two attached hydrogens (primary N) is 1. The molecule has 1 amide bonds. The monoisotopic (exact) mass is 325 g/mol. The van der Waals surface area contributed by atoms with E-state index >= 15 is 0 Å². The molecule has 0 aromatic heterocycles. The molecular formula is C19H23N3O2. The van der Waals surface area contributed by atoms with Gasteiger partial charge in [0.15, 0.2) is 0 Å². The van der Waals surface area contributed by atoms with Crippen molar-refractivity contribution in [3.05, 3.63) is 48.5 Å². The minimum Gasteiger partial charge on any atom is -0.465 e. The molecule has 5 nitrogen and oxygen atoms in total. The van der Waals surface area contributed by atoms with Crippen molar-refractivity contribution in [2.75, 3.05) is 30.8 Å². The Hall–Kier alpha value is -2.53. The molecule has 2 aromatic carbocycles. The Morgan fingerprint density at radius 2 is 2.08 bits per heavy atom. The van der Waals surface area contributed by atoms with E-state index in [2.05, 4.69) is 11.9 Å². The maximum Gasteiger partial charge on any atom is 0.411 e. The van der Waals surface area contributed by atoms with Crippen LogP contribution in [0.15, 0.2) is 48.5 Å². The van der Waals surface area contributed by atoms with Crippen LogP contribution in [0.25, 0.3) is 11.1 Å². The Morgan fingerprint density at radius 3 is 2.75 bits per heavy atom. The first-order valence-corrected chi connectivity index (χ1v) is 8.22. The van der Waals surface area contributed by atoms with E-state index in [-0.39, 0.29) is 6.04 Å². The molecule has 2 aromatic rings. The zero-order valence-corrected chi connectivity index (χ0v) is 13.9. The molecule has 0 radical (unpaired) electrons. The fourth-order valence-electron chi connectivity index (χ4n) is 3.36. The number of carbonyl (C=O) groups is 1. The average molecular weight is 325 g/mol. The van der Waals surface area contributed by atoms with Crippen molar-refractivity contribution in [3.8, 4) is 11.1 Å². The van der Waals surface area contributed by atoms with E-state index in [1.807, 2.05) is 48.5 Å². The van der Waals surface area contributed by atoms with E-state index in [1.165, 1.54) is 4.90 Å². The summed E-state index contributed by atoms with van der Waals surface area (Å²) in [6.07, 6.45) is 1.22. The highest BCUT2D eigenvalue weighted by Crippen LogP contribution is 2.32. The molecule has 1 saturated heterocycles. The van der Waals surface area contributed by atoms with Gasteiger partial charge in [-0.1, -0.05) is 30.3 Å². The van der Waals surface area contributed by atoms with Crippen LogP contribution in [0.4, 0.5) is 16.2 Å². The van der Waals surface area contributed by atoms with Crippen LogP contribution in [-0.4, -0.2) is 42.3 Å². The summed E-state index contributed by atoms with van der Waals surface area (Å²) in [5, 5.41) is 9.78. The summed E-state index contributed by atoms with van der Waals surface area (Å²) in [7, 11) is 2.06. The summed E-state index contributed by atoms with van der Waals surface area (Å²) in [4.78, 5) is 15.6. The summed E-state index contributed by atoms with van der Waals surface area (Å²) in [5.41, 5.74) is 9.08. The van der Waals surface area contributed by atoms with Crippen molar-refractivity contribution >= 4 is 17.5 Å². The number of nitrogens with zero attached hydrogens (tertiary/aromatic N) is 2. The van der Waals surface area contributed by atoms with Crippen molar-refractivity contribution in [1.82, 2.24) is 4.90 Å². The first-order chi connectivity index (χ1) is 11.6. The van der Waals surface area contributed by atoms with Crippen LogP contribution in [0.5, 0.6) is 0 Å². The number of nitrogen functional groups attached to an aromatic ring is 1. The number of likely N-dealkylation sites (tertiary alicyclic amines) is 1. The minimum atomic E-state index is -0.924. The lowest BCUT2D eigenvalue weighted by atomic mass is 10.0. The molecule has 0 spiro atoms. The summed E-state index contributed by atoms with van der Waals surface area (Å²) < 4.78 is 0. The van der Waals surface area contributed by atoms with Crippen molar-refractivity contribution in [1.29, 1.82) is 0 Å². The second-order valence-corrected chi connectivity index (χ2v) is 6.31. The normalized spacial score (nSPS) is 17.8. The van der Waals surface area contributed by atoms with Gasteiger partial charge in [-0.25, -0.2) is 4.79 Å². The number of likely N-dealkylation sites (N-methyl/N-ethyl adjacent to an activating group) is 1. The number of hydrogen-bond donors (Lipinski definition) is 2. The molecule has 1 fully saturated rings. The maximum atomic E-state index is 11.9. The smallest absolute Gasteiger partial charge is 0.411 e. The SMILES string of the molecule is CN1CCCC1CN(C(=O)O)c1ccccc1-c1cccc(N)c1. The lowest BCUT2D eigenvalue weighted by Crippen LogP contribution is -2.41. The third-order valence-electron chi connectivity index (χ3n) is 4.69. The molecule has 1 unspecified atom stereocenters. The predicted molar refractivity (Wildman–Crippen MR) is 97.3 cm³/mol. The molecule has 1 heterocycles. The van der Waals surface area contributed by atoms with E-state index in [4.69, 9.17) is 5.73 Å². The second kappa shape index (κ2) is 6.93. The third kappa shape index (κ3) is 3.36. The Bertz CT molecular complexity index is 732. The van der Waals surface area contributed by atoms with Crippen LogP contribution in [-0.2, 0) is 0 Å². The van der Waals surface area contributed by atoms with E-state index in [1.54, 1.807) is 0 Å². The van der Waals surface area contributed by atoms with Gasteiger partial charge < -0.3 is 15.7 Å². The Morgan fingerprint density at radius 1 is 1.29 bits per heavy atom. The Balaban J connectivity index is 1.98. The Labute approximate surface area is 142 Å². The van der Waals surface area contributed by atoms with Crippen molar-refractivity contribution in [3.63, 3.8) is 0 Å². The van der Waals surface area contributed by atoms with Crippen molar-refractivity contribution in [2.24, 2.45) is 0 Å². The third-order valence-corrected chi connectivity index (χ3v) is 4.69. The minimum absolute atomic E-state index is 0.259. The van der Waals surface area contributed by atoms with Gasteiger partial charge in [0.05, 0.1) is 5.69 Å². The molecule has 0 aliphatic carbocycles. The van der Waals surface area contributed by atoms with Crippen LogP contribution in [0.3, 0.4) is 0 Å². The molecule has 0 saturated carbocycles. The zero-order chi connectivity index (χ0) is 17.1. The van der Waals surface area contributed by atoms with E-state index in [0.29, 0.717) is 17.9 Å². The summed E-state index contributed by atoms with van der Waals surface area (Å²) in [6.45, 7) is 1.50. The van der Waals surface area contributed by atoms with Crippen LogP contribution in [0.2, 0.25) is 0 Å². The number of benzene rings is 2. The predicted octanol–water partition coefficient (Wildman–Crippen LogP) is 3.51. The molecule has 0 bridgehead atoms. The van der Waals surface area contributed by atoms with Crippen LogP contribution < -0.4 is 10.6 Å². The lowest BCUT2D eigenvalue weighted by molar-refractivity contribution is 0.198. The van der Waals surface area contributed by atoms with Gasteiger partial charge >= 0.3 is 6.09 Å². The van der Waals surface area contributed by atoms with E-state index < -0.39 is 6.09 Å². The maximum absolute atomic E-state index is 11.9. The van der Waals surface area contributed by atoms with Crippen molar-refractivity contribution < 1.29 is 9.90 Å². The van der Waals surface area contributed by atoms with Crippen LogP contribution >= 0.6 is 0 Å². The summed E-state index contributed by atoms with van der Waals surface area (Å²) in [5.74, 6) is 0. The molecule has 5 heteroatoms. The second-order valence-electron chi connectivity index (χ2n) is 6.31. The topological polar surface area (TPSA) is 69.8 Å². The van der Waals surface area contributed by atoms with Gasteiger partial charge in [-0.05, 0) is 50.2 Å². The van der Waals surface area contributed by atoms with E-state index in [0.717, 1.165) is 30.5 Å². The highest BCUT2D eigenvalue weighted by molar-refractivity contribution is 5.93. The van der Waals surface area contributed by atoms with Gasteiger partial charge in [0, 0.05) is 23.8 Å². The molecule has 3 N–H and O–H groups in total. The van der Waals surface area contributed by atoms with Crippen LogP contribution in [0, 0.1) is 0 Å². The number of para-hydroxylation sites is 1. The number of carboxylic acid groups (broad SMARTS) is 1. The number of hydrogen-bond acceptors (Lipinski definition) is 3. The lowest BCUT2D eigenvalue weighted by Gasteiger charge is -2.28. The first kappa shape index (κ1) is 16.3. The van der Waals surface area contributed by atoms with Gasteiger partial charge in [-0.2, -0.15) is 0 Å². The molecule has 1 atom stereocenters. The summed E-state index contributed by atoms with van der Waals surface area (Å²) >= 11 is 0. The van der Waals surface area contributed by atoms with E-state index in [9.17, 15) is 9.90 Å². The first-order valence-electron chi connectivity index (χ1n) is 8.22. The average Bonchev–Trinajstić information content (AvgIpc) is 2.97. The fourth-order valence-corrected chi connectivity index (χ4v) is 3.36. The molecule has 3 rings (SSSR count). The highest BCUT2D eigenvalue weighted by Gasteiger charge is 2.27. The zero-order valence-electron chi connectivity index (χ0n) is 13.9. The Kier molecular flexibility index (Phi) is 4.71. The van der Waals surface area contributed by atoms with Gasteiger partial charge in [-0.15, -0.1) is 0 Å². The molecule has 1 aliphatic rings. The van der Waals surface area contributed by atoms with Gasteiger partial charge in [0.25, 0.3) is 0 Å². The molecule has 126 valence electrons. The number of amides is 1. The number of anilines is 2. The van der Waals surface area contributed by atoms with Gasteiger partial charge in [-0.3, -0.25) is 4.90 Å². The van der Waals surface area contributed by atoms with Gasteiger partial charge in [0.2, 0.25) is 0 Å². The van der Waals surface area contributed by atoms with Gasteiger partial charge in [0.1, 0.15) is 0 Å². The molecular weight excluding hydrogens is 302 g/mol. The summed E-state index contributed by atoms with van der Waals surface area (Å²) in [6, 6.07) is 15.4. The van der Waals surface area contributed by atoms with Crippen molar-refractivity contribution in [2.45, 2.75) is 18.9 Å². The van der Waals surface area contributed by atoms with Crippen LogP contribution in [0.1, 0.15) is 12.8 Å². The highest BCUT2D eigenvalue weighted by atomic mass is 16.4. The quantitative estimate of drug-likeness (QED) is 0.844. The number of rotatable bonds is 4. The molecule has 1 aliphatic heterocycles. The fraction of sp³-hybridized carbons (Fsp3) is 0.316. The standard InChI is InChI=1S/C19H23N3O2/c1-21-11-5-8-16(21)13-22(19(23)24)18-10-3-2-9-17(18)14-6-4-7-15(20)12-14/h2-4,6-7,9-10,12,16H,5,8,11,13,20H2,1H3,(H,23,24). The molecule has 24 heavy (non-hydrogen) atoms. The largest absolute Gasteiger partial charge is 0.465 e.